The molecule has 0 aliphatic rings. The lowest BCUT2D eigenvalue weighted by molar-refractivity contribution is 0.0688. The summed E-state index contributed by atoms with van der Waals surface area (Å²) < 4.78 is 15.9. The maximum Gasteiger partial charge on any atom is 0.343 e. The molecule has 0 amide bonds. The Bertz CT molecular complexity index is 622. The van der Waals surface area contributed by atoms with Crippen molar-refractivity contribution in [3.63, 3.8) is 0 Å². The van der Waals surface area contributed by atoms with Crippen LogP contribution in [0.15, 0.2) is 42.5 Å². The van der Waals surface area contributed by atoms with Gasteiger partial charge in [0.2, 0.25) is 0 Å². The summed E-state index contributed by atoms with van der Waals surface area (Å²) >= 11 is 0. The van der Waals surface area contributed by atoms with Crippen LogP contribution in [0.5, 0.6) is 17.2 Å². The third-order valence-electron chi connectivity index (χ3n) is 2.95. The van der Waals surface area contributed by atoms with Gasteiger partial charge in [0, 0.05) is 12.1 Å². The van der Waals surface area contributed by atoms with Crippen molar-refractivity contribution in [3.8, 4) is 17.2 Å². The predicted molar refractivity (Wildman–Crippen MR) is 77.3 cm³/mol. The summed E-state index contributed by atoms with van der Waals surface area (Å²) in [4.78, 5) is 11.4. The first kappa shape index (κ1) is 14.7. The van der Waals surface area contributed by atoms with Crippen LogP contribution in [-0.4, -0.2) is 25.3 Å². The van der Waals surface area contributed by atoms with Gasteiger partial charge in [-0.15, -0.1) is 0 Å². The van der Waals surface area contributed by atoms with Crippen LogP contribution in [0.1, 0.15) is 15.9 Å². The summed E-state index contributed by atoms with van der Waals surface area (Å²) in [6, 6.07) is 12.5. The maximum atomic E-state index is 11.4. The van der Waals surface area contributed by atoms with E-state index in [0.717, 1.165) is 5.56 Å². The lowest BCUT2D eigenvalue weighted by Gasteiger charge is -2.14. The normalized spacial score (nSPS) is 10.0. The molecule has 0 radical (unpaired) electrons. The molecular weight excluding hydrogens is 272 g/mol. The molecule has 0 bridgehead atoms. The second kappa shape index (κ2) is 6.65. The van der Waals surface area contributed by atoms with Crippen molar-refractivity contribution in [2.45, 2.75) is 6.61 Å². The molecule has 110 valence electrons. The molecule has 2 aromatic rings. The van der Waals surface area contributed by atoms with Crippen LogP contribution in [0.2, 0.25) is 0 Å². The molecule has 1 N–H and O–H groups in total. The van der Waals surface area contributed by atoms with Crippen LogP contribution in [0.3, 0.4) is 0 Å². The van der Waals surface area contributed by atoms with E-state index < -0.39 is 5.97 Å². The second-order valence-corrected chi connectivity index (χ2v) is 4.28. The van der Waals surface area contributed by atoms with Gasteiger partial charge in [-0.3, -0.25) is 0 Å². The summed E-state index contributed by atoms with van der Waals surface area (Å²) in [5.41, 5.74) is 0.921. The van der Waals surface area contributed by atoms with Gasteiger partial charge in [0.15, 0.2) is 0 Å². The number of benzene rings is 2. The quantitative estimate of drug-likeness (QED) is 0.885. The molecule has 0 fully saturated rings. The first-order valence-corrected chi connectivity index (χ1v) is 6.31. The molecule has 0 aliphatic carbocycles. The minimum atomic E-state index is -1.11. The van der Waals surface area contributed by atoms with Crippen LogP contribution in [0.25, 0.3) is 0 Å². The monoisotopic (exact) mass is 288 g/mol. The van der Waals surface area contributed by atoms with E-state index in [-0.39, 0.29) is 23.7 Å². The van der Waals surface area contributed by atoms with Crippen LogP contribution in [-0.2, 0) is 6.61 Å². The number of rotatable bonds is 6. The second-order valence-electron chi connectivity index (χ2n) is 4.28. The SMILES string of the molecule is COc1cc(OC)c(C(=O)O)c(OCc2ccccc2)c1. The third kappa shape index (κ3) is 3.45. The Hall–Kier alpha value is -2.69. The first-order chi connectivity index (χ1) is 10.2. The zero-order valence-corrected chi connectivity index (χ0v) is 11.8. The van der Waals surface area contributed by atoms with E-state index in [9.17, 15) is 9.90 Å². The Morgan fingerprint density at radius 3 is 2.29 bits per heavy atom. The van der Waals surface area contributed by atoms with Crippen molar-refractivity contribution in [3.05, 3.63) is 53.6 Å². The summed E-state index contributed by atoms with van der Waals surface area (Å²) in [6.07, 6.45) is 0. The zero-order valence-electron chi connectivity index (χ0n) is 11.8. The van der Waals surface area contributed by atoms with Crippen LogP contribution >= 0.6 is 0 Å². The highest BCUT2D eigenvalue weighted by molar-refractivity contribution is 5.94. The topological polar surface area (TPSA) is 65.0 Å². The number of methoxy groups -OCH3 is 2. The lowest BCUT2D eigenvalue weighted by atomic mass is 10.1. The Labute approximate surface area is 122 Å². The summed E-state index contributed by atoms with van der Waals surface area (Å²) in [5.74, 6) is -0.232. The summed E-state index contributed by atoms with van der Waals surface area (Å²) in [6.45, 7) is 0.261. The average Bonchev–Trinajstić information content (AvgIpc) is 2.52. The molecule has 21 heavy (non-hydrogen) atoms. The van der Waals surface area contributed by atoms with Gasteiger partial charge in [0.1, 0.15) is 29.4 Å². The van der Waals surface area contributed by atoms with E-state index in [2.05, 4.69) is 0 Å². The van der Waals surface area contributed by atoms with Gasteiger partial charge in [-0.2, -0.15) is 0 Å². The standard InChI is InChI=1S/C16H16O5/c1-19-12-8-13(20-2)15(16(17)18)14(9-12)21-10-11-6-4-3-5-7-11/h3-9H,10H2,1-2H3,(H,17,18). The van der Waals surface area contributed by atoms with E-state index in [1.807, 2.05) is 30.3 Å². The molecule has 0 spiro atoms. The first-order valence-electron chi connectivity index (χ1n) is 6.31. The third-order valence-corrected chi connectivity index (χ3v) is 2.95. The molecule has 5 nitrogen and oxygen atoms in total. The molecule has 0 aliphatic heterocycles. The van der Waals surface area contributed by atoms with E-state index in [1.165, 1.54) is 26.4 Å². The average molecular weight is 288 g/mol. The van der Waals surface area contributed by atoms with Crippen molar-refractivity contribution in [2.24, 2.45) is 0 Å². The van der Waals surface area contributed by atoms with E-state index in [1.54, 1.807) is 0 Å². The maximum absolute atomic E-state index is 11.4. The molecule has 0 atom stereocenters. The number of carboxylic acid groups (broad SMARTS) is 1. The molecular formula is C16H16O5. The number of hydrogen-bond acceptors (Lipinski definition) is 4. The number of ether oxygens (including phenoxy) is 3. The van der Waals surface area contributed by atoms with Gasteiger partial charge in [-0.25, -0.2) is 4.79 Å². The molecule has 2 rings (SSSR count). The van der Waals surface area contributed by atoms with E-state index in [0.29, 0.717) is 5.75 Å². The number of aromatic carboxylic acids is 1. The van der Waals surface area contributed by atoms with Crippen LogP contribution in [0.4, 0.5) is 0 Å². The largest absolute Gasteiger partial charge is 0.496 e. The molecule has 0 unspecified atom stereocenters. The van der Waals surface area contributed by atoms with Crippen molar-refractivity contribution in [1.29, 1.82) is 0 Å². The van der Waals surface area contributed by atoms with Gasteiger partial charge in [0.25, 0.3) is 0 Å². The van der Waals surface area contributed by atoms with Gasteiger partial charge in [-0.05, 0) is 5.56 Å². The fourth-order valence-corrected chi connectivity index (χ4v) is 1.90. The van der Waals surface area contributed by atoms with Gasteiger partial charge < -0.3 is 19.3 Å². The predicted octanol–water partition coefficient (Wildman–Crippen LogP) is 2.98. The summed E-state index contributed by atoms with van der Waals surface area (Å²) in [7, 11) is 2.90. The van der Waals surface area contributed by atoms with E-state index >= 15 is 0 Å². The zero-order chi connectivity index (χ0) is 15.2. The van der Waals surface area contributed by atoms with Crippen LogP contribution in [0, 0.1) is 0 Å². The van der Waals surface area contributed by atoms with Gasteiger partial charge in [-0.1, -0.05) is 30.3 Å². The molecule has 2 aromatic carbocycles. The Morgan fingerprint density at radius 2 is 1.71 bits per heavy atom. The smallest absolute Gasteiger partial charge is 0.343 e. The van der Waals surface area contributed by atoms with Crippen molar-refractivity contribution < 1.29 is 24.1 Å². The van der Waals surface area contributed by atoms with Crippen molar-refractivity contribution >= 4 is 5.97 Å². The fraction of sp³-hybridized carbons (Fsp3) is 0.188. The van der Waals surface area contributed by atoms with Crippen molar-refractivity contribution in [1.82, 2.24) is 0 Å². The minimum absolute atomic E-state index is 0.0192. The number of hydrogen-bond donors (Lipinski definition) is 1. The fourth-order valence-electron chi connectivity index (χ4n) is 1.90. The van der Waals surface area contributed by atoms with Crippen molar-refractivity contribution in [2.75, 3.05) is 14.2 Å². The van der Waals surface area contributed by atoms with Gasteiger partial charge >= 0.3 is 5.97 Å². The molecule has 0 saturated carbocycles. The molecule has 0 aromatic heterocycles. The molecule has 0 saturated heterocycles. The highest BCUT2D eigenvalue weighted by atomic mass is 16.5. The number of carbonyl (C=O) groups is 1. The Kier molecular flexibility index (Phi) is 4.66. The summed E-state index contributed by atoms with van der Waals surface area (Å²) in [5, 5.41) is 9.34. The lowest BCUT2D eigenvalue weighted by Crippen LogP contribution is -2.06. The molecule has 0 heterocycles. The highest BCUT2D eigenvalue weighted by Crippen LogP contribution is 2.34. The Morgan fingerprint density at radius 1 is 1.05 bits per heavy atom. The highest BCUT2D eigenvalue weighted by Gasteiger charge is 2.20. The minimum Gasteiger partial charge on any atom is -0.496 e. The van der Waals surface area contributed by atoms with Crippen LogP contribution < -0.4 is 14.2 Å². The van der Waals surface area contributed by atoms with E-state index in [4.69, 9.17) is 14.2 Å². The molecule has 5 heteroatoms. The Balaban J connectivity index is 2.34. The number of carboxylic acids is 1. The van der Waals surface area contributed by atoms with Gasteiger partial charge in [0.05, 0.1) is 14.2 Å².